The third kappa shape index (κ3) is 7.39. The van der Waals surface area contributed by atoms with E-state index in [1.54, 1.807) is 29.2 Å². The lowest BCUT2D eigenvalue weighted by Crippen LogP contribution is -2.46. The van der Waals surface area contributed by atoms with E-state index in [1.807, 2.05) is 45.3 Å². The van der Waals surface area contributed by atoms with Crippen LogP contribution in [0.1, 0.15) is 53.0 Å². The van der Waals surface area contributed by atoms with E-state index < -0.39 is 0 Å². The van der Waals surface area contributed by atoms with Crippen LogP contribution in [0.5, 0.6) is 0 Å². The van der Waals surface area contributed by atoms with Gasteiger partial charge in [-0.3, -0.25) is 14.4 Å². The molecule has 0 aromatic heterocycles. The highest BCUT2D eigenvalue weighted by Crippen LogP contribution is 2.23. The molecular weight excluding hydrogens is 440 g/mol. The largest absolute Gasteiger partial charge is 0.355 e. The highest BCUT2D eigenvalue weighted by Gasteiger charge is 2.29. The van der Waals surface area contributed by atoms with Crippen molar-refractivity contribution in [1.82, 2.24) is 15.1 Å². The first-order valence-corrected chi connectivity index (χ1v) is 12.2. The van der Waals surface area contributed by atoms with Crippen molar-refractivity contribution in [1.29, 1.82) is 0 Å². The van der Waals surface area contributed by atoms with Gasteiger partial charge < -0.3 is 20.4 Å². The molecule has 3 rings (SSSR count). The van der Waals surface area contributed by atoms with Gasteiger partial charge in [0, 0.05) is 48.9 Å². The minimum absolute atomic E-state index is 0.00505. The van der Waals surface area contributed by atoms with Crippen LogP contribution in [0.25, 0.3) is 0 Å². The molecule has 0 aliphatic carbocycles. The smallest absolute Gasteiger partial charge is 0.255 e. The topological polar surface area (TPSA) is 81.8 Å². The van der Waals surface area contributed by atoms with Gasteiger partial charge in [-0.25, -0.2) is 0 Å². The van der Waals surface area contributed by atoms with Crippen LogP contribution in [-0.4, -0.2) is 67.8 Å². The molecule has 0 radical (unpaired) electrons. The summed E-state index contributed by atoms with van der Waals surface area (Å²) in [5.41, 5.74) is 2.61. The second-order valence-electron chi connectivity index (χ2n) is 10.5. The lowest BCUT2D eigenvalue weighted by atomic mass is 9.91. The molecule has 0 atom stereocenters. The normalized spacial score (nSPS) is 14.6. The second kappa shape index (κ2) is 11.5. The Hall–Kier alpha value is -3.19. The minimum Gasteiger partial charge on any atom is -0.355 e. The van der Waals surface area contributed by atoms with Crippen LogP contribution in [0.2, 0.25) is 0 Å². The standard InChI is InChI=1S/C28H38N4O3/c1-20-11-12-23(17-24(20)30-26(34)21-9-7-6-8-10-21)27(35)32-15-13-22(14-16-32)25(33)29-18-28(2,3)19-31(4)5/h6-12,17,22H,13-16,18-19H2,1-5H3,(H,29,33)(H,30,34). The number of benzene rings is 2. The maximum absolute atomic E-state index is 13.2. The number of nitrogens with zero attached hydrogens (tertiary/aromatic N) is 2. The second-order valence-corrected chi connectivity index (χ2v) is 10.5. The van der Waals surface area contributed by atoms with Gasteiger partial charge in [0.2, 0.25) is 5.91 Å². The van der Waals surface area contributed by atoms with Crippen molar-refractivity contribution in [2.24, 2.45) is 11.3 Å². The summed E-state index contributed by atoms with van der Waals surface area (Å²) in [4.78, 5) is 42.4. The van der Waals surface area contributed by atoms with Crippen LogP contribution in [0, 0.1) is 18.3 Å². The highest BCUT2D eigenvalue weighted by molar-refractivity contribution is 6.05. The van der Waals surface area contributed by atoms with Gasteiger partial charge in [0.05, 0.1) is 0 Å². The first-order chi connectivity index (χ1) is 16.6. The fraction of sp³-hybridized carbons (Fsp3) is 0.464. The van der Waals surface area contributed by atoms with E-state index in [2.05, 4.69) is 29.4 Å². The Morgan fingerprint density at radius 1 is 1.00 bits per heavy atom. The average molecular weight is 479 g/mol. The van der Waals surface area contributed by atoms with Crippen molar-refractivity contribution < 1.29 is 14.4 Å². The molecule has 0 spiro atoms. The molecular formula is C28H38N4O3. The zero-order valence-electron chi connectivity index (χ0n) is 21.6. The lowest BCUT2D eigenvalue weighted by Gasteiger charge is -2.33. The Kier molecular flexibility index (Phi) is 8.67. The SMILES string of the molecule is Cc1ccc(C(=O)N2CCC(C(=O)NCC(C)(C)CN(C)C)CC2)cc1NC(=O)c1ccccc1. The van der Waals surface area contributed by atoms with Gasteiger partial charge in [-0.2, -0.15) is 0 Å². The summed E-state index contributed by atoms with van der Waals surface area (Å²) in [6, 6.07) is 14.4. The lowest BCUT2D eigenvalue weighted by molar-refractivity contribution is -0.126. The molecule has 0 unspecified atom stereocenters. The molecule has 1 aliphatic heterocycles. The molecule has 3 amide bonds. The van der Waals surface area contributed by atoms with Crippen LogP contribution >= 0.6 is 0 Å². The Morgan fingerprint density at radius 2 is 1.66 bits per heavy atom. The predicted molar refractivity (Wildman–Crippen MR) is 140 cm³/mol. The van der Waals surface area contributed by atoms with Crippen LogP contribution in [0.3, 0.4) is 0 Å². The summed E-state index contributed by atoms with van der Waals surface area (Å²) in [6.45, 7) is 8.79. The van der Waals surface area contributed by atoms with Gasteiger partial charge in [0.1, 0.15) is 0 Å². The van der Waals surface area contributed by atoms with Crippen molar-refractivity contribution in [3.8, 4) is 0 Å². The molecule has 7 nitrogen and oxygen atoms in total. The zero-order chi connectivity index (χ0) is 25.6. The van der Waals surface area contributed by atoms with E-state index in [4.69, 9.17) is 0 Å². The van der Waals surface area contributed by atoms with E-state index in [0.717, 1.165) is 12.1 Å². The third-order valence-electron chi connectivity index (χ3n) is 6.41. The van der Waals surface area contributed by atoms with Crippen molar-refractivity contribution in [2.45, 2.75) is 33.6 Å². The predicted octanol–water partition coefficient (Wildman–Crippen LogP) is 3.80. The van der Waals surface area contributed by atoms with Gasteiger partial charge in [-0.15, -0.1) is 0 Å². The van der Waals surface area contributed by atoms with Crippen molar-refractivity contribution >= 4 is 23.4 Å². The summed E-state index contributed by atoms with van der Waals surface area (Å²) in [7, 11) is 4.06. The number of hydrogen-bond donors (Lipinski definition) is 2. The summed E-state index contributed by atoms with van der Waals surface area (Å²) in [6.07, 6.45) is 1.30. The molecule has 2 N–H and O–H groups in total. The monoisotopic (exact) mass is 478 g/mol. The molecule has 2 aromatic carbocycles. The Balaban J connectivity index is 1.56. The van der Waals surface area contributed by atoms with Crippen LogP contribution in [-0.2, 0) is 4.79 Å². The summed E-state index contributed by atoms with van der Waals surface area (Å²) in [5.74, 6) is -0.289. The fourth-order valence-electron chi connectivity index (χ4n) is 4.58. The molecule has 1 heterocycles. The number of anilines is 1. The molecule has 188 valence electrons. The van der Waals surface area contributed by atoms with Crippen molar-refractivity contribution in [2.75, 3.05) is 45.6 Å². The van der Waals surface area contributed by atoms with Gasteiger partial charge in [-0.1, -0.05) is 38.1 Å². The third-order valence-corrected chi connectivity index (χ3v) is 6.41. The van der Waals surface area contributed by atoms with Gasteiger partial charge >= 0.3 is 0 Å². The Morgan fingerprint density at radius 3 is 2.29 bits per heavy atom. The van der Waals surface area contributed by atoms with Gasteiger partial charge in [-0.05, 0) is 69.1 Å². The first-order valence-electron chi connectivity index (χ1n) is 12.2. The number of amides is 3. The number of hydrogen-bond acceptors (Lipinski definition) is 4. The highest BCUT2D eigenvalue weighted by atomic mass is 16.2. The Labute approximate surface area is 208 Å². The van der Waals surface area contributed by atoms with E-state index in [0.29, 0.717) is 49.3 Å². The molecule has 1 fully saturated rings. The van der Waals surface area contributed by atoms with E-state index in [1.165, 1.54) is 0 Å². The van der Waals surface area contributed by atoms with Crippen molar-refractivity contribution in [3.05, 3.63) is 65.2 Å². The number of rotatable bonds is 8. The van der Waals surface area contributed by atoms with Gasteiger partial charge in [0.25, 0.3) is 11.8 Å². The molecule has 2 aromatic rings. The molecule has 0 saturated carbocycles. The van der Waals surface area contributed by atoms with E-state index in [-0.39, 0.29) is 29.1 Å². The van der Waals surface area contributed by atoms with E-state index in [9.17, 15) is 14.4 Å². The maximum Gasteiger partial charge on any atom is 0.255 e. The first kappa shape index (κ1) is 26.4. The average Bonchev–Trinajstić information content (AvgIpc) is 2.83. The Bertz CT molecular complexity index is 1040. The minimum atomic E-state index is -0.209. The number of carbonyl (C=O) groups excluding carboxylic acids is 3. The number of carbonyl (C=O) groups is 3. The van der Waals surface area contributed by atoms with Crippen LogP contribution < -0.4 is 10.6 Å². The number of aryl methyl sites for hydroxylation is 1. The zero-order valence-corrected chi connectivity index (χ0v) is 21.6. The summed E-state index contributed by atoms with van der Waals surface area (Å²) in [5, 5.41) is 6.03. The molecule has 35 heavy (non-hydrogen) atoms. The molecule has 1 aliphatic rings. The van der Waals surface area contributed by atoms with Crippen LogP contribution in [0.15, 0.2) is 48.5 Å². The van der Waals surface area contributed by atoms with Gasteiger partial charge in [0.15, 0.2) is 0 Å². The molecule has 0 bridgehead atoms. The number of piperidine rings is 1. The maximum atomic E-state index is 13.2. The number of likely N-dealkylation sites (tertiary alicyclic amines) is 1. The fourth-order valence-corrected chi connectivity index (χ4v) is 4.58. The quantitative estimate of drug-likeness (QED) is 0.605. The summed E-state index contributed by atoms with van der Waals surface area (Å²) < 4.78 is 0. The molecule has 1 saturated heterocycles. The van der Waals surface area contributed by atoms with Crippen LogP contribution in [0.4, 0.5) is 5.69 Å². The van der Waals surface area contributed by atoms with E-state index >= 15 is 0 Å². The summed E-state index contributed by atoms with van der Waals surface area (Å²) >= 11 is 0. The molecule has 7 heteroatoms. The van der Waals surface area contributed by atoms with Crippen molar-refractivity contribution in [3.63, 3.8) is 0 Å². The number of nitrogens with one attached hydrogen (secondary N) is 2.